The third-order valence-electron chi connectivity index (χ3n) is 4.79. The van der Waals surface area contributed by atoms with Gasteiger partial charge >= 0.3 is 0 Å². The predicted octanol–water partition coefficient (Wildman–Crippen LogP) is 6.00. The van der Waals surface area contributed by atoms with E-state index in [1.54, 1.807) is 24.3 Å². The number of carbonyl (C=O) groups excluding carboxylic acids is 1. The number of benzene rings is 3. The Kier molecular flexibility index (Phi) is 7.10. The number of hydrogen-bond acceptors (Lipinski definition) is 5. The maximum Gasteiger partial charge on any atom is 0.264 e. The van der Waals surface area contributed by atoms with Crippen molar-refractivity contribution in [1.29, 1.82) is 0 Å². The fourth-order valence-electron chi connectivity index (χ4n) is 3.11. The van der Waals surface area contributed by atoms with Crippen LogP contribution in [0.25, 0.3) is 6.08 Å². The molecular formula is C26H23FN2O3S. The molecule has 0 aromatic heterocycles. The Balaban J connectivity index is 1.49. The summed E-state index contributed by atoms with van der Waals surface area (Å²) in [6, 6.07) is 19.4. The van der Waals surface area contributed by atoms with Crippen LogP contribution in [0.5, 0.6) is 11.5 Å². The van der Waals surface area contributed by atoms with Crippen LogP contribution in [-0.2, 0) is 11.4 Å². The Morgan fingerprint density at radius 3 is 2.48 bits per heavy atom. The highest BCUT2D eigenvalue weighted by Crippen LogP contribution is 2.33. The van der Waals surface area contributed by atoms with Crippen LogP contribution in [-0.4, -0.2) is 17.7 Å². The molecule has 0 unspecified atom stereocenters. The summed E-state index contributed by atoms with van der Waals surface area (Å²) in [5.74, 6) is 0.673. The van der Waals surface area contributed by atoms with E-state index in [1.807, 2.05) is 50.2 Å². The van der Waals surface area contributed by atoms with Gasteiger partial charge in [0.05, 0.1) is 17.2 Å². The van der Waals surface area contributed by atoms with Gasteiger partial charge in [-0.3, -0.25) is 4.79 Å². The number of rotatable bonds is 7. The van der Waals surface area contributed by atoms with Gasteiger partial charge in [-0.05, 0) is 79.2 Å². The van der Waals surface area contributed by atoms with E-state index in [1.165, 1.54) is 23.9 Å². The van der Waals surface area contributed by atoms with Crippen molar-refractivity contribution in [2.24, 2.45) is 4.99 Å². The minimum atomic E-state index is -0.285. The molecular weight excluding hydrogens is 439 g/mol. The quantitative estimate of drug-likeness (QED) is 0.437. The zero-order valence-electron chi connectivity index (χ0n) is 18.3. The van der Waals surface area contributed by atoms with Gasteiger partial charge in [0.2, 0.25) is 0 Å². The van der Waals surface area contributed by atoms with Crippen LogP contribution in [0.15, 0.2) is 76.6 Å². The second-order valence-corrected chi connectivity index (χ2v) is 8.40. The number of aliphatic imine (C=N–C) groups is 1. The molecule has 1 aliphatic rings. The zero-order chi connectivity index (χ0) is 23.2. The second kappa shape index (κ2) is 10.4. The molecule has 1 N–H and O–H groups in total. The number of amidine groups is 1. The molecule has 3 aromatic rings. The molecule has 1 fully saturated rings. The molecule has 1 aliphatic heterocycles. The third kappa shape index (κ3) is 6.02. The van der Waals surface area contributed by atoms with E-state index in [0.29, 0.717) is 28.2 Å². The Hall–Kier alpha value is -3.58. The molecule has 0 spiro atoms. The number of aryl methyl sites for hydroxylation is 1. The number of nitrogens with one attached hydrogen (secondary N) is 1. The summed E-state index contributed by atoms with van der Waals surface area (Å²) in [5.41, 5.74) is 3.59. The molecule has 0 bridgehead atoms. The van der Waals surface area contributed by atoms with Crippen molar-refractivity contribution in [2.45, 2.75) is 20.5 Å². The van der Waals surface area contributed by atoms with Crippen LogP contribution >= 0.6 is 11.8 Å². The molecule has 0 saturated carbocycles. The van der Waals surface area contributed by atoms with Crippen molar-refractivity contribution >= 4 is 34.6 Å². The molecule has 1 heterocycles. The smallest absolute Gasteiger partial charge is 0.264 e. The lowest BCUT2D eigenvalue weighted by atomic mass is 10.2. The highest BCUT2D eigenvalue weighted by molar-refractivity contribution is 8.18. The summed E-state index contributed by atoms with van der Waals surface area (Å²) in [5, 5.41) is 3.35. The summed E-state index contributed by atoms with van der Waals surface area (Å²) in [6.45, 7) is 4.66. The fraction of sp³-hybridized carbons (Fsp3) is 0.154. The molecule has 1 saturated heterocycles. The summed E-state index contributed by atoms with van der Waals surface area (Å²) in [6.07, 6.45) is 1.80. The van der Waals surface area contributed by atoms with Crippen LogP contribution in [0.1, 0.15) is 23.6 Å². The highest BCUT2D eigenvalue weighted by Gasteiger charge is 2.24. The van der Waals surface area contributed by atoms with Crippen molar-refractivity contribution in [3.05, 3.63) is 94.1 Å². The number of hydrogen-bond donors (Lipinski definition) is 1. The van der Waals surface area contributed by atoms with Crippen LogP contribution in [0.2, 0.25) is 0 Å². The van der Waals surface area contributed by atoms with E-state index in [2.05, 4.69) is 10.3 Å². The van der Waals surface area contributed by atoms with E-state index in [0.717, 1.165) is 22.4 Å². The maximum atomic E-state index is 13.1. The van der Waals surface area contributed by atoms with Gasteiger partial charge in [-0.1, -0.05) is 35.9 Å². The van der Waals surface area contributed by atoms with Gasteiger partial charge in [0.1, 0.15) is 12.4 Å². The van der Waals surface area contributed by atoms with Crippen LogP contribution in [0.4, 0.5) is 10.1 Å². The van der Waals surface area contributed by atoms with Crippen LogP contribution < -0.4 is 14.8 Å². The lowest BCUT2D eigenvalue weighted by Gasteiger charge is -2.13. The molecule has 5 nitrogen and oxygen atoms in total. The largest absolute Gasteiger partial charge is 0.490 e. The zero-order valence-corrected chi connectivity index (χ0v) is 19.1. The Bertz CT molecular complexity index is 1210. The highest BCUT2D eigenvalue weighted by atomic mass is 32.2. The fourth-order valence-corrected chi connectivity index (χ4v) is 3.95. The van der Waals surface area contributed by atoms with Crippen molar-refractivity contribution in [2.75, 3.05) is 6.61 Å². The number of carbonyl (C=O) groups is 1. The normalized spacial score (nSPS) is 15.7. The van der Waals surface area contributed by atoms with Crippen molar-refractivity contribution in [3.8, 4) is 11.5 Å². The van der Waals surface area contributed by atoms with Crippen molar-refractivity contribution in [1.82, 2.24) is 5.32 Å². The topological polar surface area (TPSA) is 59.9 Å². The average Bonchev–Trinajstić information content (AvgIpc) is 3.14. The van der Waals surface area contributed by atoms with Gasteiger partial charge in [-0.2, -0.15) is 0 Å². The molecule has 7 heteroatoms. The molecule has 0 atom stereocenters. The number of nitrogens with zero attached hydrogens (tertiary/aromatic N) is 1. The molecule has 33 heavy (non-hydrogen) atoms. The average molecular weight is 463 g/mol. The minimum absolute atomic E-state index is 0.194. The van der Waals surface area contributed by atoms with Crippen molar-refractivity contribution < 1.29 is 18.7 Å². The van der Waals surface area contributed by atoms with Gasteiger partial charge in [0.15, 0.2) is 16.7 Å². The SMILES string of the molecule is CCOc1cc(/C=C2\SC(=Nc3ccc(C)cc3)NC2=O)ccc1OCc1ccc(F)cc1. The summed E-state index contributed by atoms with van der Waals surface area (Å²) in [7, 11) is 0. The monoisotopic (exact) mass is 462 g/mol. The molecule has 0 aliphatic carbocycles. The van der Waals surface area contributed by atoms with E-state index >= 15 is 0 Å². The number of ether oxygens (including phenoxy) is 2. The Morgan fingerprint density at radius 1 is 1.00 bits per heavy atom. The van der Waals surface area contributed by atoms with Gasteiger partial charge in [0, 0.05) is 0 Å². The Labute approximate surface area is 196 Å². The van der Waals surface area contributed by atoms with E-state index in [4.69, 9.17) is 9.47 Å². The predicted molar refractivity (Wildman–Crippen MR) is 130 cm³/mol. The van der Waals surface area contributed by atoms with E-state index in [9.17, 15) is 9.18 Å². The lowest BCUT2D eigenvalue weighted by molar-refractivity contribution is -0.115. The first-order chi connectivity index (χ1) is 16.0. The van der Waals surface area contributed by atoms with Gasteiger partial charge in [-0.15, -0.1) is 0 Å². The summed E-state index contributed by atoms with van der Waals surface area (Å²) < 4.78 is 24.7. The molecule has 0 radical (unpaired) electrons. The first kappa shape index (κ1) is 22.6. The van der Waals surface area contributed by atoms with Gasteiger partial charge in [0.25, 0.3) is 5.91 Å². The van der Waals surface area contributed by atoms with E-state index < -0.39 is 0 Å². The maximum absolute atomic E-state index is 13.1. The molecule has 3 aromatic carbocycles. The van der Waals surface area contributed by atoms with Crippen LogP contribution in [0.3, 0.4) is 0 Å². The van der Waals surface area contributed by atoms with Crippen molar-refractivity contribution in [3.63, 3.8) is 0 Å². The molecule has 4 rings (SSSR count). The standard InChI is InChI=1S/C26H23FN2O3S/c1-3-31-23-14-19(8-13-22(23)32-16-18-6-9-20(27)10-7-18)15-24-25(30)29-26(33-24)28-21-11-4-17(2)5-12-21/h4-15H,3,16H2,1-2H3,(H,28,29,30)/b24-15-. The number of halogens is 1. The first-order valence-electron chi connectivity index (χ1n) is 10.5. The summed E-state index contributed by atoms with van der Waals surface area (Å²) in [4.78, 5) is 17.5. The lowest BCUT2D eigenvalue weighted by Crippen LogP contribution is -2.19. The van der Waals surface area contributed by atoms with Gasteiger partial charge < -0.3 is 14.8 Å². The second-order valence-electron chi connectivity index (χ2n) is 7.37. The number of amides is 1. The number of thioether (sulfide) groups is 1. The summed E-state index contributed by atoms with van der Waals surface area (Å²) >= 11 is 1.29. The first-order valence-corrected chi connectivity index (χ1v) is 11.3. The molecule has 1 amide bonds. The van der Waals surface area contributed by atoms with E-state index in [-0.39, 0.29) is 18.3 Å². The van der Waals surface area contributed by atoms with Crippen LogP contribution in [0, 0.1) is 12.7 Å². The minimum Gasteiger partial charge on any atom is -0.490 e. The third-order valence-corrected chi connectivity index (χ3v) is 5.70. The van der Waals surface area contributed by atoms with Gasteiger partial charge in [-0.25, -0.2) is 9.38 Å². The Morgan fingerprint density at radius 2 is 1.76 bits per heavy atom. The molecule has 168 valence electrons.